The van der Waals surface area contributed by atoms with Crippen LogP contribution >= 0.6 is 0 Å². The SMILES string of the molecule is Cc1nccn1-c1cccc(N[C@@H]2CC(Cn3ccnc3)C[C@H]2O)n1. The summed E-state index contributed by atoms with van der Waals surface area (Å²) in [7, 11) is 0. The number of aliphatic hydroxyl groups excluding tert-OH is 1. The van der Waals surface area contributed by atoms with Gasteiger partial charge in [-0.15, -0.1) is 0 Å². The lowest BCUT2D eigenvalue weighted by Crippen LogP contribution is -2.28. The Morgan fingerprint density at radius 2 is 2.16 bits per heavy atom. The molecule has 3 aromatic heterocycles. The van der Waals surface area contributed by atoms with Crippen molar-refractivity contribution in [3.63, 3.8) is 0 Å². The van der Waals surface area contributed by atoms with Crippen molar-refractivity contribution in [3.8, 4) is 5.82 Å². The van der Waals surface area contributed by atoms with Crippen LogP contribution in [0.15, 0.2) is 49.3 Å². The van der Waals surface area contributed by atoms with Gasteiger partial charge in [-0.3, -0.25) is 4.57 Å². The molecule has 0 bridgehead atoms. The number of aromatic nitrogens is 5. The first-order valence-corrected chi connectivity index (χ1v) is 8.57. The second-order valence-electron chi connectivity index (χ2n) is 6.64. The third-order valence-corrected chi connectivity index (χ3v) is 4.80. The maximum Gasteiger partial charge on any atom is 0.140 e. The lowest BCUT2D eigenvalue weighted by molar-refractivity contribution is 0.166. The van der Waals surface area contributed by atoms with Gasteiger partial charge in [0.2, 0.25) is 0 Å². The molecular formula is C18H22N6O. The summed E-state index contributed by atoms with van der Waals surface area (Å²) in [5.41, 5.74) is 0. The number of aryl methyl sites for hydroxylation is 1. The fourth-order valence-corrected chi connectivity index (χ4v) is 3.56. The van der Waals surface area contributed by atoms with E-state index in [2.05, 4.69) is 24.8 Å². The second kappa shape index (κ2) is 6.68. The fraction of sp³-hybridized carbons (Fsp3) is 0.389. The standard InChI is InChI=1S/C18H22N6O/c1-13-20-6-8-24(13)18-4-2-3-17(22-18)21-15-9-14(10-16(15)25)11-23-7-5-19-12-23/h2-8,12,14-16,25H,9-11H2,1H3,(H,21,22)/t14?,15-,16-/m1/s1. The van der Waals surface area contributed by atoms with E-state index in [1.54, 1.807) is 12.4 Å². The molecule has 130 valence electrons. The normalized spacial score (nSPS) is 23.0. The van der Waals surface area contributed by atoms with Crippen LogP contribution in [0.4, 0.5) is 5.82 Å². The van der Waals surface area contributed by atoms with E-state index in [0.717, 1.165) is 36.8 Å². The molecule has 1 aliphatic rings. The number of nitrogens with zero attached hydrogens (tertiary/aromatic N) is 5. The topological polar surface area (TPSA) is 80.8 Å². The smallest absolute Gasteiger partial charge is 0.140 e. The predicted octanol–water partition coefficient (Wildman–Crippen LogP) is 2.02. The zero-order chi connectivity index (χ0) is 17.2. The minimum atomic E-state index is -0.367. The maximum absolute atomic E-state index is 10.4. The number of rotatable bonds is 5. The van der Waals surface area contributed by atoms with Crippen molar-refractivity contribution >= 4 is 5.82 Å². The van der Waals surface area contributed by atoms with E-state index in [-0.39, 0.29) is 12.1 Å². The Hall–Kier alpha value is -2.67. The molecule has 25 heavy (non-hydrogen) atoms. The highest BCUT2D eigenvalue weighted by molar-refractivity contribution is 5.41. The van der Waals surface area contributed by atoms with E-state index in [9.17, 15) is 5.11 Å². The van der Waals surface area contributed by atoms with Crippen LogP contribution in [-0.2, 0) is 6.54 Å². The number of imidazole rings is 2. The van der Waals surface area contributed by atoms with Crippen LogP contribution in [0.2, 0.25) is 0 Å². The summed E-state index contributed by atoms with van der Waals surface area (Å²) in [6, 6.07) is 5.87. The van der Waals surface area contributed by atoms with E-state index in [1.165, 1.54) is 0 Å². The van der Waals surface area contributed by atoms with Crippen LogP contribution in [-0.4, -0.2) is 41.3 Å². The van der Waals surface area contributed by atoms with Gasteiger partial charge in [-0.1, -0.05) is 6.07 Å². The van der Waals surface area contributed by atoms with Crippen LogP contribution in [0.1, 0.15) is 18.7 Å². The summed E-state index contributed by atoms with van der Waals surface area (Å²) < 4.78 is 4.01. The zero-order valence-electron chi connectivity index (χ0n) is 14.2. The van der Waals surface area contributed by atoms with E-state index in [1.807, 2.05) is 48.4 Å². The summed E-state index contributed by atoms with van der Waals surface area (Å²) in [5.74, 6) is 2.92. The second-order valence-corrected chi connectivity index (χ2v) is 6.64. The first kappa shape index (κ1) is 15.8. The quantitative estimate of drug-likeness (QED) is 0.744. The number of aliphatic hydroxyl groups is 1. The Bertz CT molecular complexity index is 828. The molecule has 1 saturated carbocycles. The van der Waals surface area contributed by atoms with Crippen molar-refractivity contribution in [1.82, 2.24) is 24.1 Å². The van der Waals surface area contributed by atoms with Crippen LogP contribution in [0.25, 0.3) is 5.82 Å². The fourth-order valence-electron chi connectivity index (χ4n) is 3.56. The minimum absolute atomic E-state index is 0.0140. The number of nitrogens with one attached hydrogen (secondary N) is 1. The Morgan fingerprint density at radius 3 is 2.92 bits per heavy atom. The van der Waals surface area contributed by atoms with Gasteiger partial charge in [0.25, 0.3) is 0 Å². The average Bonchev–Trinajstić information content (AvgIpc) is 3.32. The highest BCUT2D eigenvalue weighted by Gasteiger charge is 2.33. The number of hydrogen-bond acceptors (Lipinski definition) is 5. The molecule has 0 saturated heterocycles. The molecule has 4 rings (SSSR count). The molecule has 0 spiro atoms. The van der Waals surface area contributed by atoms with Gasteiger partial charge in [-0.05, 0) is 37.8 Å². The molecule has 1 aliphatic carbocycles. The predicted molar refractivity (Wildman–Crippen MR) is 94.5 cm³/mol. The van der Waals surface area contributed by atoms with Gasteiger partial charge in [0, 0.05) is 31.3 Å². The monoisotopic (exact) mass is 338 g/mol. The van der Waals surface area contributed by atoms with Gasteiger partial charge < -0.3 is 15.0 Å². The molecule has 3 aromatic rings. The van der Waals surface area contributed by atoms with Crippen molar-refractivity contribution < 1.29 is 5.11 Å². The summed E-state index contributed by atoms with van der Waals surface area (Å²) in [6.45, 7) is 2.83. The Kier molecular flexibility index (Phi) is 4.23. The van der Waals surface area contributed by atoms with E-state index in [4.69, 9.17) is 0 Å². The van der Waals surface area contributed by atoms with Crippen molar-refractivity contribution in [2.75, 3.05) is 5.32 Å². The van der Waals surface area contributed by atoms with E-state index >= 15 is 0 Å². The molecule has 7 heteroatoms. The summed E-state index contributed by atoms with van der Waals surface area (Å²) >= 11 is 0. The highest BCUT2D eigenvalue weighted by atomic mass is 16.3. The van der Waals surface area contributed by atoms with Crippen molar-refractivity contribution in [3.05, 3.63) is 55.1 Å². The molecule has 7 nitrogen and oxygen atoms in total. The van der Waals surface area contributed by atoms with E-state index in [0.29, 0.717) is 5.92 Å². The Labute approximate surface area is 146 Å². The summed E-state index contributed by atoms with van der Waals surface area (Å²) in [6.07, 6.45) is 10.6. The lowest BCUT2D eigenvalue weighted by Gasteiger charge is -2.18. The minimum Gasteiger partial charge on any atom is -0.391 e. The average molecular weight is 338 g/mol. The van der Waals surface area contributed by atoms with Gasteiger partial charge in [0.05, 0.1) is 18.5 Å². The van der Waals surface area contributed by atoms with Crippen LogP contribution < -0.4 is 5.32 Å². The summed E-state index contributed by atoms with van der Waals surface area (Å²) in [5, 5.41) is 13.8. The van der Waals surface area contributed by atoms with Gasteiger partial charge in [-0.25, -0.2) is 15.0 Å². The highest BCUT2D eigenvalue weighted by Crippen LogP contribution is 2.29. The Balaban J connectivity index is 1.44. The van der Waals surface area contributed by atoms with Gasteiger partial charge in [0.15, 0.2) is 0 Å². The first-order valence-electron chi connectivity index (χ1n) is 8.57. The Morgan fingerprint density at radius 1 is 1.24 bits per heavy atom. The number of pyridine rings is 1. The van der Waals surface area contributed by atoms with E-state index < -0.39 is 0 Å². The molecule has 3 atom stereocenters. The zero-order valence-corrected chi connectivity index (χ0v) is 14.2. The third kappa shape index (κ3) is 3.41. The van der Waals surface area contributed by atoms with Gasteiger partial charge in [0.1, 0.15) is 17.5 Å². The van der Waals surface area contributed by atoms with Crippen molar-refractivity contribution in [2.24, 2.45) is 5.92 Å². The molecule has 1 fully saturated rings. The molecule has 2 N–H and O–H groups in total. The lowest BCUT2D eigenvalue weighted by atomic mass is 10.1. The van der Waals surface area contributed by atoms with Gasteiger partial charge >= 0.3 is 0 Å². The first-order chi connectivity index (χ1) is 12.2. The molecule has 0 radical (unpaired) electrons. The summed E-state index contributed by atoms with van der Waals surface area (Å²) in [4.78, 5) is 13.0. The largest absolute Gasteiger partial charge is 0.391 e. The molecule has 0 aliphatic heterocycles. The maximum atomic E-state index is 10.4. The number of anilines is 1. The number of hydrogen-bond donors (Lipinski definition) is 2. The molecule has 1 unspecified atom stereocenters. The van der Waals surface area contributed by atoms with Crippen molar-refractivity contribution in [2.45, 2.75) is 38.5 Å². The molecular weight excluding hydrogens is 316 g/mol. The van der Waals surface area contributed by atoms with Crippen LogP contribution in [0.5, 0.6) is 0 Å². The molecule has 0 aromatic carbocycles. The van der Waals surface area contributed by atoms with Crippen LogP contribution in [0.3, 0.4) is 0 Å². The molecule has 0 amide bonds. The van der Waals surface area contributed by atoms with Crippen LogP contribution in [0, 0.1) is 12.8 Å². The van der Waals surface area contributed by atoms with Crippen molar-refractivity contribution in [1.29, 1.82) is 0 Å². The third-order valence-electron chi connectivity index (χ3n) is 4.80. The van der Waals surface area contributed by atoms with Gasteiger partial charge in [-0.2, -0.15) is 0 Å². The molecule has 3 heterocycles.